The van der Waals surface area contributed by atoms with E-state index in [-0.39, 0.29) is 6.54 Å². The van der Waals surface area contributed by atoms with Gasteiger partial charge in [0.1, 0.15) is 0 Å². The first-order chi connectivity index (χ1) is 11.0. The van der Waals surface area contributed by atoms with Gasteiger partial charge in [-0.25, -0.2) is 0 Å². The maximum absolute atomic E-state index is 10.9. The zero-order valence-electron chi connectivity index (χ0n) is 14.4. The van der Waals surface area contributed by atoms with Crippen molar-refractivity contribution in [3.63, 3.8) is 0 Å². The minimum atomic E-state index is -0.731. The molecule has 2 unspecified atom stereocenters. The van der Waals surface area contributed by atoms with Crippen molar-refractivity contribution in [1.29, 1.82) is 0 Å². The van der Waals surface area contributed by atoms with Crippen LogP contribution in [0, 0.1) is 5.92 Å². The number of aliphatic carboxylic acids is 1. The molecule has 0 aliphatic carbocycles. The average molecular weight is 318 g/mol. The lowest BCUT2D eigenvalue weighted by Gasteiger charge is -2.26. The predicted octanol–water partition coefficient (Wildman–Crippen LogP) is 2.74. The summed E-state index contributed by atoms with van der Waals surface area (Å²) < 4.78 is 0. The number of carboxylic acids is 1. The van der Waals surface area contributed by atoms with Crippen LogP contribution in [0.15, 0.2) is 30.3 Å². The maximum Gasteiger partial charge on any atom is 0.317 e. The highest BCUT2D eigenvalue weighted by atomic mass is 16.4. The van der Waals surface area contributed by atoms with Gasteiger partial charge in [0.25, 0.3) is 0 Å². The first-order valence-corrected chi connectivity index (χ1v) is 8.73. The fourth-order valence-corrected chi connectivity index (χ4v) is 3.63. The van der Waals surface area contributed by atoms with E-state index in [0.29, 0.717) is 12.0 Å². The third-order valence-electron chi connectivity index (χ3n) is 4.80. The summed E-state index contributed by atoms with van der Waals surface area (Å²) in [5, 5.41) is 8.94. The number of likely N-dealkylation sites (N-methyl/N-ethyl adjacent to an activating group) is 1. The van der Waals surface area contributed by atoms with Crippen LogP contribution < -0.4 is 0 Å². The highest BCUT2D eigenvalue weighted by molar-refractivity contribution is 5.69. The molecule has 1 aliphatic rings. The van der Waals surface area contributed by atoms with Gasteiger partial charge in [0.15, 0.2) is 0 Å². The second kappa shape index (κ2) is 9.04. The molecule has 2 atom stereocenters. The van der Waals surface area contributed by atoms with Crippen molar-refractivity contribution in [2.45, 2.75) is 38.6 Å². The number of hydrogen-bond acceptors (Lipinski definition) is 3. The molecule has 0 bridgehead atoms. The van der Waals surface area contributed by atoms with Crippen LogP contribution in [0.1, 0.15) is 31.7 Å². The predicted molar refractivity (Wildman–Crippen MR) is 93.7 cm³/mol. The highest BCUT2D eigenvalue weighted by Gasteiger charge is 2.22. The quantitative estimate of drug-likeness (QED) is 0.839. The molecule has 4 nitrogen and oxygen atoms in total. The number of benzene rings is 1. The van der Waals surface area contributed by atoms with Crippen molar-refractivity contribution in [3.8, 4) is 0 Å². The standard InChI is InChI=1S/C19H30N2O2/c1-16(13-17-7-4-3-5-8-17)14-21-11-6-9-18(10-12-21)20(2)15-19(22)23/h3-5,7-8,16,18H,6,9-15H2,1-2H3,(H,22,23). The van der Waals surface area contributed by atoms with Gasteiger partial charge in [-0.3, -0.25) is 9.69 Å². The van der Waals surface area contributed by atoms with E-state index in [1.807, 2.05) is 11.9 Å². The average Bonchev–Trinajstić information content (AvgIpc) is 2.73. The fourth-order valence-electron chi connectivity index (χ4n) is 3.63. The van der Waals surface area contributed by atoms with Gasteiger partial charge >= 0.3 is 5.97 Å². The zero-order chi connectivity index (χ0) is 16.7. The summed E-state index contributed by atoms with van der Waals surface area (Å²) in [7, 11) is 1.94. The smallest absolute Gasteiger partial charge is 0.317 e. The maximum atomic E-state index is 10.9. The number of rotatable bonds is 7. The lowest BCUT2D eigenvalue weighted by Crippen LogP contribution is -2.37. The molecule has 1 aromatic rings. The monoisotopic (exact) mass is 318 g/mol. The molecule has 23 heavy (non-hydrogen) atoms. The van der Waals surface area contributed by atoms with Gasteiger partial charge in [0.2, 0.25) is 0 Å². The normalized spacial score (nSPS) is 21.1. The lowest BCUT2D eigenvalue weighted by atomic mass is 10.0. The van der Waals surface area contributed by atoms with Crippen molar-refractivity contribution in [3.05, 3.63) is 35.9 Å². The van der Waals surface area contributed by atoms with E-state index in [1.54, 1.807) is 0 Å². The lowest BCUT2D eigenvalue weighted by molar-refractivity contribution is -0.138. The number of likely N-dealkylation sites (tertiary alicyclic amines) is 1. The molecule has 1 N–H and O–H groups in total. The Balaban J connectivity index is 1.77. The SMILES string of the molecule is CC(Cc1ccccc1)CN1CCCC(N(C)CC(=O)O)CC1. The molecule has 0 amide bonds. The molecule has 0 spiro atoms. The topological polar surface area (TPSA) is 43.8 Å². The van der Waals surface area contributed by atoms with E-state index in [0.717, 1.165) is 45.3 Å². The molecule has 0 aromatic heterocycles. The molecule has 1 saturated heterocycles. The third-order valence-corrected chi connectivity index (χ3v) is 4.80. The Morgan fingerprint density at radius 1 is 1.30 bits per heavy atom. The Morgan fingerprint density at radius 2 is 2.04 bits per heavy atom. The summed E-state index contributed by atoms with van der Waals surface area (Å²) in [5.74, 6) is -0.0872. The van der Waals surface area contributed by atoms with Crippen LogP contribution in [0.4, 0.5) is 0 Å². The highest BCUT2D eigenvalue weighted by Crippen LogP contribution is 2.18. The Morgan fingerprint density at radius 3 is 2.74 bits per heavy atom. The van der Waals surface area contributed by atoms with E-state index >= 15 is 0 Å². The molecular formula is C19H30N2O2. The van der Waals surface area contributed by atoms with Crippen LogP contribution in [0.25, 0.3) is 0 Å². The number of carboxylic acid groups (broad SMARTS) is 1. The van der Waals surface area contributed by atoms with Crippen LogP contribution in [-0.2, 0) is 11.2 Å². The van der Waals surface area contributed by atoms with Crippen LogP contribution in [0.2, 0.25) is 0 Å². The summed E-state index contributed by atoms with van der Waals surface area (Å²) in [6.07, 6.45) is 4.46. The van der Waals surface area contributed by atoms with E-state index < -0.39 is 5.97 Å². The Hall–Kier alpha value is -1.39. The molecule has 1 aromatic carbocycles. The number of nitrogens with zero attached hydrogens (tertiary/aromatic N) is 2. The van der Waals surface area contributed by atoms with Gasteiger partial charge in [-0.1, -0.05) is 37.3 Å². The molecule has 128 valence electrons. The van der Waals surface area contributed by atoms with Gasteiger partial charge in [-0.2, -0.15) is 0 Å². The molecular weight excluding hydrogens is 288 g/mol. The van der Waals surface area contributed by atoms with Crippen molar-refractivity contribution >= 4 is 5.97 Å². The first kappa shape index (κ1) is 18.0. The van der Waals surface area contributed by atoms with Crippen molar-refractivity contribution in [2.75, 3.05) is 33.2 Å². The molecule has 0 saturated carbocycles. The Labute approximate surface area is 140 Å². The van der Waals surface area contributed by atoms with Gasteiger partial charge < -0.3 is 10.0 Å². The fraction of sp³-hybridized carbons (Fsp3) is 0.632. The van der Waals surface area contributed by atoms with Crippen molar-refractivity contribution in [2.24, 2.45) is 5.92 Å². The number of hydrogen-bond donors (Lipinski definition) is 1. The molecule has 0 radical (unpaired) electrons. The van der Waals surface area contributed by atoms with Crippen LogP contribution in [0.3, 0.4) is 0 Å². The van der Waals surface area contributed by atoms with Crippen LogP contribution >= 0.6 is 0 Å². The molecule has 1 fully saturated rings. The van der Waals surface area contributed by atoms with Crippen molar-refractivity contribution in [1.82, 2.24) is 9.80 Å². The molecule has 4 heteroatoms. The molecule has 2 rings (SSSR count). The minimum absolute atomic E-state index is 0.148. The second-order valence-electron chi connectivity index (χ2n) is 6.99. The second-order valence-corrected chi connectivity index (χ2v) is 6.99. The van der Waals surface area contributed by atoms with E-state index in [4.69, 9.17) is 5.11 Å². The zero-order valence-corrected chi connectivity index (χ0v) is 14.4. The van der Waals surface area contributed by atoms with Crippen LogP contribution in [0.5, 0.6) is 0 Å². The third kappa shape index (κ3) is 6.32. The summed E-state index contributed by atoms with van der Waals surface area (Å²) in [4.78, 5) is 15.4. The van der Waals surface area contributed by atoms with Crippen molar-refractivity contribution < 1.29 is 9.90 Å². The minimum Gasteiger partial charge on any atom is -0.480 e. The Kier molecular flexibility index (Phi) is 7.06. The largest absolute Gasteiger partial charge is 0.480 e. The summed E-state index contributed by atoms with van der Waals surface area (Å²) >= 11 is 0. The molecule has 1 aliphatic heterocycles. The summed E-state index contributed by atoms with van der Waals surface area (Å²) in [6, 6.07) is 11.1. The van der Waals surface area contributed by atoms with Gasteiger partial charge in [0, 0.05) is 12.6 Å². The Bertz CT molecular complexity index is 478. The summed E-state index contributed by atoms with van der Waals surface area (Å²) in [6.45, 7) is 5.82. The first-order valence-electron chi connectivity index (χ1n) is 8.73. The van der Waals surface area contributed by atoms with Gasteiger partial charge in [-0.05, 0) is 57.3 Å². The van der Waals surface area contributed by atoms with E-state index in [2.05, 4.69) is 42.2 Å². The van der Waals surface area contributed by atoms with E-state index in [9.17, 15) is 4.79 Å². The number of carbonyl (C=O) groups is 1. The molecule has 1 heterocycles. The summed E-state index contributed by atoms with van der Waals surface area (Å²) in [5.41, 5.74) is 1.41. The van der Waals surface area contributed by atoms with Gasteiger partial charge in [0.05, 0.1) is 6.54 Å². The van der Waals surface area contributed by atoms with Gasteiger partial charge in [-0.15, -0.1) is 0 Å². The van der Waals surface area contributed by atoms with E-state index in [1.165, 1.54) is 5.56 Å². The van der Waals surface area contributed by atoms with Crippen LogP contribution in [-0.4, -0.2) is 60.1 Å².